The summed E-state index contributed by atoms with van der Waals surface area (Å²) >= 11 is 0. The van der Waals surface area contributed by atoms with Gasteiger partial charge in [-0.05, 0) is 36.8 Å². The van der Waals surface area contributed by atoms with Crippen molar-refractivity contribution in [2.75, 3.05) is 13.7 Å². The molecule has 6 heteroatoms. The Morgan fingerprint density at radius 1 is 1.28 bits per heavy atom. The number of imidazole rings is 1. The van der Waals surface area contributed by atoms with Gasteiger partial charge in [-0.1, -0.05) is 18.2 Å². The Labute approximate surface area is 145 Å². The molecule has 0 fully saturated rings. The molecule has 1 N–H and O–H groups in total. The lowest BCUT2D eigenvalue weighted by Gasteiger charge is -2.09. The lowest BCUT2D eigenvalue weighted by molar-refractivity contribution is -0.120. The maximum absolute atomic E-state index is 13.7. The molecule has 25 heavy (non-hydrogen) atoms. The van der Waals surface area contributed by atoms with Crippen LogP contribution in [-0.4, -0.2) is 29.1 Å². The Hall–Kier alpha value is -2.89. The van der Waals surface area contributed by atoms with Gasteiger partial charge in [0, 0.05) is 13.1 Å². The number of benzene rings is 2. The predicted molar refractivity (Wildman–Crippen MR) is 94.1 cm³/mol. The van der Waals surface area contributed by atoms with Crippen molar-refractivity contribution in [3.63, 3.8) is 0 Å². The molecule has 1 amide bonds. The number of carbonyl (C=O) groups is 1. The summed E-state index contributed by atoms with van der Waals surface area (Å²) in [5.74, 6) is 0.472. The summed E-state index contributed by atoms with van der Waals surface area (Å²) in [6, 6.07) is 12.4. The van der Waals surface area contributed by atoms with Crippen molar-refractivity contribution in [3.05, 3.63) is 59.7 Å². The zero-order valence-corrected chi connectivity index (χ0v) is 14.3. The Kier molecular flexibility index (Phi) is 4.97. The molecule has 5 nitrogen and oxygen atoms in total. The van der Waals surface area contributed by atoms with E-state index in [0.29, 0.717) is 18.7 Å². The molecule has 130 valence electrons. The minimum absolute atomic E-state index is 0.130. The van der Waals surface area contributed by atoms with Crippen LogP contribution >= 0.6 is 0 Å². The monoisotopic (exact) mass is 341 g/mol. The van der Waals surface area contributed by atoms with Gasteiger partial charge in [-0.3, -0.25) is 4.79 Å². The second-order valence-corrected chi connectivity index (χ2v) is 5.79. The number of hydrogen-bond donors (Lipinski definition) is 1. The first kappa shape index (κ1) is 17.0. The Balaban J connectivity index is 1.57. The number of rotatable bonds is 6. The maximum atomic E-state index is 13.7. The molecule has 0 bridgehead atoms. The van der Waals surface area contributed by atoms with E-state index >= 15 is 0 Å². The van der Waals surface area contributed by atoms with Gasteiger partial charge in [-0.25, -0.2) is 9.37 Å². The normalized spacial score (nSPS) is 10.8. The molecule has 0 saturated carbocycles. The molecular weight excluding hydrogens is 321 g/mol. The zero-order valence-electron chi connectivity index (χ0n) is 14.3. The molecule has 3 rings (SSSR count). The highest BCUT2D eigenvalue weighted by atomic mass is 19.1. The molecule has 1 aromatic heterocycles. The third-order valence-electron chi connectivity index (χ3n) is 4.08. The van der Waals surface area contributed by atoms with E-state index in [-0.39, 0.29) is 18.1 Å². The molecule has 3 aromatic rings. The van der Waals surface area contributed by atoms with Crippen LogP contribution in [0.5, 0.6) is 5.75 Å². The molecule has 1 heterocycles. The number of para-hydroxylation sites is 2. The average molecular weight is 341 g/mol. The quantitative estimate of drug-likeness (QED) is 0.750. The fourth-order valence-corrected chi connectivity index (χ4v) is 2.85. The lowest BCUT2D eigenvalue weighted by atomic mass is 10.1. The largest absolute Gasteiger partial charge is 0.494 e. The van der Waals surface area contributed by atoms with Crippen molar-refractivity contribution in [3.8, 4) is 5.75 Å². The van der Waals surface area contributed by atoms with Crippen LogP contribution in [0.1, 0.15) is 11.4 Å². The van der Waals surface area contributed by atoms with Crippen LogP contribution in [0.25, 0.3) is 11.0 Å². The number of nitrogens with zero attached hydrogens (tertiary/aromatic N) is 2. The van der Waals surface area contributed by atoms with Gasteiger partial charge in [-0.2, -0.15) is 0 Å². The molecule has 0 spiro atoms. The third kappa shape index (κ3) is 3.79. The van der Waals surface area contributed by atoms with Crippen molar-refractivity contribution < 1.29 is 13.9 Å². The van der Waals surface area contributed by atoms with Gasteiger partial charge in [0.2, 0.25) is 5.91 Å². The number of methoxy groups -OCH3 is 1. The van der Waals surface area contributed by atoms with E-state index in [1.54, 1.807) is 6.07 Å². The first-order valence-corrected chi connectivity index (χ1v) is 8.09. The van der Waals surface area contributed by atoms with Crippen LogP contribution in [0.3, 0.4) is 0 Å². The van der Waals surface area contributed by atoms with Crippen LogP contribution in [0, 0.1) is 12.7 Å². The highest BCUT2D eigenvalue weighted by molar-refractivity contribution is 5.78. The van der Waals surface area contributed by atoms with E-state index in [1.165, 1.54) is 19.2 Å². The zero-order chi connectivity index (χ0) is 17.8. The van der Waals surface area contributed by atoms with E-state index < -0.39 is 5.82 Å². The maximum Gasteiger partial charge on any atom is 0.224 e. The Bertz CT molecular complexity index is 905. The SMILES string of the molecule is COc1ccc(CC(=O)NCCn2c(C)nc3ccccc32)cc1F. The molecule has 0 aliphatic heterocycles. The van der Waals surface area contributed by atoms with E-state index in [4.69, 9.17) is 4.74 Å². The van der Waals surface area contributed by atoms with Gasteiger partial charge in [0.1, 0.15) is 5.82 Å². The fraction of sp³-hybridized carbons (Fsp3) is 0.263. The lowest BCUT2D eigenvalue weighted by Crippen LogP contribution is -2.28. The van der Waals surface area contributed by atoms with Crippen molar-refractivity contribution in [1.82, 2.24) is 14.9 Å². The van der Waals surface area contributed by atoms with Gasteiger partial charge >= 0.3 is 0 Å². The topological polar surface area (TPSA) is 56.1 Å². The van der Waals surface area contributed by atoms with E-state index in [2.05, 4.69) is 14.9 Å². The highest BCUT2D eigenvalue weighted by Crippen LogP contribution is 2.18. The van der Waals surface area contributed by atoms with E-state index in [0.717, 1.165) is 16.9 Å². The number of ether oxygens (including phenoxy) is 1. The summed E-state index contributed by atoms with van der Waals surface area (Å²) in [4.78, 5) is 16.6. The molecule has 0 radical (unpaired) electrons. The van der Waals surface area contributed by atoms with Crippen LogP contribution in [0.2, 0.25) is 0 Å². The van der Waals surface area contributed by atoms with Crippen molar-refractivity contribution in [2.24, 2.45) is 0 Å². The van der Waals surface area contributed by atoms with Gasteiger partial charge in [0.25, 0.3) is 0 Å². The van der Waals surface area contributed by atoms with Gasteiger partial charge < -0.3 is 14.6 Å². The minimum Gasteiger partial charge on any atom is -0.494 e. The van der Waals surface area contributed by atoms with Gasteiger partial charge in [0.15, 0.2) is 11.6 Å². The number of amides is 1. The standard InChI is InChI=1S/C19H20FN3O2/c1-13-22-16-5-3-4-6-17(16)23(13)10-9-21-19(24)12-14-7-8-18(25-2)15(20)11-14/h3-8,11H,9-10,12H2,1-2H3,(H,21,24). The summed E-state index contributed by atoms with van der Waals surface area (Å²) in [6.45, 7) is 3.07. The fourth-order valence-electron chi connectivity index (χ4n) is 2.85. The number of nitrogens with one attached hydrogen (secondary N) is 1. The number of hydrogen-bond acceptors (Lipinski definition) is 3. The highest BCUT2D eigenvalue weighted by Gasteiger charge is 2.09. The predicted octanol–water partition coefficient (Wildman–Crippen LogP) is 2.85. The Morgan fingerprint density at radius 3 is 2.84 bits per heavy atom. The first-order valence-electron chi connectivity index (χ1n) is 8.09. The second kappa shape index (κ2) is 7.34. The number of fused-ring (bicyclic) bond motifs is 1. The molecule has 2 aromatic carbocycles. The molecule has 0 aliphatic carbocycles. The molecule has 0 aliphatic rings. The molecule has 0 saturated heterocycles. The van der Waals surface area contributed by atoms with E-state index in [9.17, 15) is 9.18 Å². The number of aryl methyl sites for hydroxylation is 1. The van der Waals surface area contributed by atoms with E-state index in [1.807, 2.05) is 31.2 Å². The van der Waals surface area contributed by atoms with Gasteiger partial charge in [0.05, 0.1) is 24.6 Å². The summed E-state index contributed by atoms with van der Waals surface area (Å²) in [7, 11) is 1.41. The molecular formula is C19H20FN3O2. The summed E-state index contributed by atoms with van der Waals surface area (Å²) in [6.07, 6.45) is 0.130. The van der Waals surface area contributed by atoms with Crippen LogP contribution in [0.4, 0.5) is 4.39 Å². The molecule has 0 unspecified atom stereocenters. The van der Waals surface area contributed by atoms with Gasteiger partial charge in [-0.15, -0.1) is 0 Å². The average Bonchev–Trinajstić information content (AvgIpc) is 2.91. The van der Waals surface area contributed by atoms with Crippen molar-refractivity contribution in [1.29, 1.82) is 0 Å². The van der Waals surface area contributed by atoms with Crippen molar-refractivity contribution >= 4 is 16.9 Å². The van der Waals surface area contributed by atoms with Crippen LogP contribution < -0.4 is 10.1 Å². The number of carbonyl (C=O) groups excluding carboxylic acids is 1. The number of aromatic nitrogens is 2. The first-order chi connectivity index (χ1) is 12.1. The third-order valence-corrected chi connectivity index (χ3v) is 4.08. The second-order valence-electron chi connectivity index (χ2n) is 5.79. The smallest absolute Gasteiger partial charge is 0.224 e. The van der Waals surface area contributed by atoms with Crippen molar-refractivity contribution in [2.45, 2.75) is 19.9 Å². The molecule has 0 atom stereocenters. The minimum atomic E-state index is -0.465. The Morgan fingerprint density at radius 2 is 2.08 bits per heavy atom. The summed E-state index contributed by atoms with van der Waals surface area (Å²) in [5, 5.41) is 2.87. The van der Waals surface area contributed by atoms with Crippen LogP contribution in [-0.2, 0) is 17.8 Å². The summed E-state index contributed by atoms with van der Waals surface area (Å²) in [5.41, 5.74) is 2.60. The number of halogens is 1. The summed E-state index contributed by atoms with van der Waals surface area (Å²) < 4.78 is 20.6. The van der Waals surface area contributed by atoms with Crippen LogP contribution in [0.15, 0.2) is 42.5 Å².